The van der Waals surface area contributed by atoms with Crippen LogP contribution in [0.2, 0.25) is 0 Å². The van der Waals surface area contributed by atoms with Crippen molar-refractivity contribution in [2.75, 3.05) is 30.8 Å². The van der Waals surface area contributed by atoms with E-state index >= 15 is 0 Å². The van der Waals surface area contributed by atoms with Gasteiger partial charge >= 0.3 is 5.97 Å². The molecule has 0 spiro atoms. The Morgan fingerprint density at radius 2 is 1.75 bits per heavy atom. The van der Waals surface area contributed by atoms with E-state index in [9.17, 15) is 19.2 Å². The van der Waals surface area contributed by atoms with E-state index in [4.69, 9.17) is 0 Å². The molecule has 166 valence electrons. The number of ether oxygens (including phenoxy) is 1. The Hall–Kier alpha value is -3.33. The molecule has 0 bridgehead atoms. The molecule has 0 unspecified atom stereocenters. The number of hydrogen-bond donors (Lipinski definition) is 2. The van der Waals surface area contributed by atoms with Gasteiger partial charge in [-0.1, -0.05) is 12.1 Å². The fourth-order valence-corrected chi connectivity index (χ4v) is 4.87. The quantitative estimate of drug-likeness (QED) is 0.545. The number of fused-ring (bicyclic) bond motifs is 1. The standard InChI is InChI=1S/C23H23N3O5S/c1-31-23(30)15-6-8-16(9-7-15)24-20(27)14-10-12-26(13-11-14)22(29)19-21(28)25-17-4-2-3-5-18(17)32-19/h2-9,14,19H,10-13H2,1H3,(H,24,27)(H,25,28)/t19-/m0/s1. The summed E-state index contributed by atoms with van der Waals surface area (Å²) in [5.74, 6) is -1.32. The molecule has 0 aliphatic carbocycles. The molecule has 1 fully saturated rings. The van der Waals surface area contributed by atoms with Crippen LogP contribution in [-0.2, 0) is 19.1 Å². The van der Waals surface area contributed by atoms with Crippen LogP contribution in [0.25, 0.3) is 0 Å². The molecular formula is C23H23N3O5S. The van der Waals surface area contributed by atoms with E-state index in [1.165, 1.54) is 18.9 Å². The second-order valence-electron chi connectivity index (χ2n) is 7.64. The summed E-state index contributed by atoms with van der Waals surface area (Å²) in [6.07, 6.45) is 1.04. The first kappa shape index (κ1) is 21.9. The summed E-state index contributed by atoms with van der Waals surface area (Å²) >= 11 is 1.27. The number of anilines is 2. The molecule has 1 atom stereocenters. The van der Waals surface area contributed by atoms with Crippen LogP contribution in [0.5, 0.6) is 0 Å². The highest BCUT2D eigenvalue weighted by atomic mass is 32.2. The average Bonchev–Trinajstić information content (AvgIpc) is 2.83. The monoisotopic (exact) mass is 453 g/mol. The summed E-state index contributed by atoms with van der Waals surface area (Å²) in [5.41, 5.74) is 1.72. The molecule has 3 amide bonds. The molecule has 0 aromatic heterocycles. The van der Waals surface area contributed by atoms with Gasteiger partial charge in [0.25, 0.3) is 0 Å². The molecule has 4 rings (SSSR count). The predicted molar refractivity (Wildman–Crippen MR) is 120 cm³/mol. The third-order valence-corrected chi connectivity index (χ3v) is 6.86. The number of piperidine rings is 1. The Kier molecular flexibility index (Phi) is 6.45. The van der Waals surface area contributed by atoms with Crippen LogP contribution in [0.4, 0.5) is 11.4 Å². The number of rotatable bonds is 4. The van der Waals surface area contributed by atoms with E-state index in [2.05, 4.69) is 15.4 Å². The molecule has 0 radical (unpaired) electrons. The maximum absolute atomic E-state index is 13.0. The lowest BCUT2D eigenvalue weighted by Gasteiger charge is -2.34. The van der Waals surface area contributed by atoms with E-state index in [0.29, 0.717) is 37.2 Å². The molecule has 0 saturated carbocycles. The normalized spacial score (nSPS) is 18.3. The van der Waals surface area contributed by atoms with Gasteiger partial charge in [-0.3, -0.25) is 14.4 Å². The fraction of sp³-hybridized carbons (Fsp3) is 0.304. The van der Waals surface area contributed by atoms with E-state index in [1.807, 2.05) is 24.3 Å². The number of carbonyl (C=O) groups excluding carboxylic acids is 4. The summed E-state index contributed by atoms with van der Waals surface area (Å²) in [5, 5.41) is 4.84. The SMILES string of the molecule is COC(=O)c1ccc(NC(=O)C2CCN(C(=O)[C@H]3Sc4ccccc4NC3=O)CC2)cc1. The lowest BCUT2D eigenvalue weighted by atomic mass is 9.95. The molecule has 8 nitrogen and oxygen atoms in total. The lowest BCUT2D eigenvalue weighted by molar-refractivity contribution is -0.136. The molecular weight excluding hydrogens is 430 g/mol. The third kappa shape index (κ3) is 4.62. The second-order valence-corrected chi connectivity index (χ2v) is 8.79. The number of likely N-dealkylation sites (tertiary alicyclic amines) is 1. The molecule has 2 heterocycles. The maximum Gasteiger partial charge on any atom is 0.337 e. The smallest absolute Gasteiger partial charge is 0.337 e. The van der Waals surface area contributed by atoms with Gasteiger partial charge < -0.3 is 20.3 Å². The Balaban J connectivity index is 1.31. The Morgan fingerprint density at radius 3 is 2.44 bits per heavy atom. The van der Waals surface area contributed by atoms with Crippen LogP contribution in [-0.4, -0.2) is 54.0 Å². The Labute approximate surface area is 189 Å². The number of para-hydroxylation sites is 1. The van der Waals surface area contributed by atoms with E-state index in [-0.39, 0.29) is 23.6 Å². The number of carbonyl (C=O) groups is 4. The minimum absolute atomic E-state index is 0.123. The van der Waals surface area contributed by atoms with Gasteiger partial charge in [0.2, 0.25) is 17.7 Å². The largest absolute Gasteiger partial charge is 0.465 e. The molecule has 2 aliphatic rings. The van der Waals surface area contributed by atoms with Crippen molar-refractivity contribution in [2.45, 2.75) is 23.0 Å². The zero-order valence-electron chi connectivity index (χ0n) is 17.5. The van der Waals surface area contributed by atoms with Crippen LogP contribution in [0.15, 0.2) is 53.4 Å². The summed E-state index contributed by atoms with van der Waals surface area (Å²) in [6.45, 7) is 0.842. The number of benzene rings is 2. The number of methoxy groups -OCH3 is 1. The fourth-order valence-electron chi connectivity index (χ4n) is 3.79. The van der Waals surface area contributed by atoms with Gasteiger partial charge in [-0.2, -0.15) is 0 Å². The van der Waals surface area contributed by atoms with Crippen molar-refractivity contribution in [3.8, 4) is 0 Å². The summed E-state index contributed by atoms with van der Waals surface area (Å²) in [6, 6.07) is 13.9. The Bertz CT molecular complexity index is 1050. The van der Waals surface area contributed by atoms with Gasteiger partial charge in [-0.15, -0.1) is 11.8 Å². The number of amides is 3. The minimum atomic E-state index is -0.816. The van der Waals surface area contributed by atoms with Crippen molar-refractivity contribution in [1.29, 1.82) is 0 Å². The van der Waals surface area contributed by atoms with Crippen molar-refractivity contribution < 1.29 is 23.9 Å². The van der Waals surface area contributed by atoms with E-state index in [0.717, 1.165) is 10.6 Å². The minimum Gasteiger partial charge on any atom is -0.465 e. The van der Waals surface area contributed by atoms with Crippen LogP contribution in [0.1, 0.15) is 23.2 Å². The highest BCUT2D eigenvalue weighted by molar-refractivity contribution is 8.01. The van der Waals surface area contributed by atoms with Gasteiger partial charge in [0.05, 0.1) is 18.4 Å². The topological polar surface area (TPSA) is 105 Å². The Morgan fingerprint density at radius 1 is 1.06 bits per heavy atom. The van der Waals surface area contributed by atoms with Gasteiger partial charge in [0, 0.05) is 29.6 Å². The molecule has 2 aliphatic heterocycles. The van der Waals surface area contributed by atoms with Crippen molar-refractivity contribution in [3.05, 3.63) is 54.1 Å². The highest BCUT2D eigenvalue weighted by Gasteiger charge is 2.37. The summed E-state index contributed by atoms with van der Waals surface area (Å²) in [4.78, 5) is 52.1. The van der Waals surface area contributed by atoms with Crippen LogP contribution < -0.4 is 10.6 Å². The van der Waals surface area contributed by atoms with Crippen molar-refractivity contribution in [2.24, 2.45) is 5.92 Å². The predicted octanol–water partition coefficient (Wildman–Crippen LogP) is 2.76. The average molecular weight is 454 g/mol. The first-order valence-electron chi connectivity index (χ1n) is 10.3. The second kappa shape index (κ2) is 9.44. The van der Waals surface area contributed by atoms with Gasteiger partial charge in [0.15, 0.2) is 5.25 Å². The zero-order chi connectivity index (χ0) is 22.7. The summed E-state index contributed by atoms with van der Waals surface area (Å²) < 4.78 is 4.66. The van der Waals surface area contributed by atoms with Gasteiger partial charge in [0.1, 0.15) is 0 Å². The van der Waals surface area contributed by atoms with Crippen LogP contribution >= 0.6 is 11.8 Å². The van der Waals surface area contributed by atoms with E-state index < -0.39 is 11.2 Å². The number of hydrogen-bond acceptors (Lipinski definition) is 6. The molecule has 2 aromatic rings. The van der Waals surface area contributed by atoms with E-state index in [1.54, 1.807) is 29.2 Å². The van der Waals surface area contributed by atoms with Crippen molar-refractivity contribution in [3.63, 3.8) is 0 Å². The maximum atomic E-state index is 13.0. The number of esters is 1. The molecule has 32 heavy (non-hydrogen) atoms. The number of nitrogens with zero attached hydrogens (tertiary/aromatic N) is 1. The summed E-state index contributed by atoms with van der Waals surface area (Å²) in [7, 11) is 1.31. The first-order chi connectivity index (χ1) is 15.5. The van der Waals surface area contributed by atoms with Gasteiger partial charge in [-0.25, -0.2) is 4.79 Å². The molecule has 1 saturated heterocycles. The third-order valence-electron chi connectivity index (χ3n) is 5.60. The van der Waals surface area contributed by atoms with Crippen molar-refractivity contribution in [1.82, 2.24) is 4.90 Å². The lowest BCUT2D eigenvalue weighted by Crippen LogP contribution is -2.48. The molecule has 2 N–H and O–H groups in total. The number of thioether (sulfide) groups is 1. The molecule has 9 heteroatoms. The zero-order valence-corrected chi connectivity index (χ0v) is 18.3. The van der Waals surface area contributed by atoms with Gasteiger partial charge in [-0.05, 0) is 49.2 Å². The van der Waals surface area contributed by atoms with Crippen LogP contribution in [0.3, 0.4) is 0 Å². The number of nitrogens with one attached hydrogen (secondary N) is 2. The van der Waals surface area contributed by atoms with Crippen LogP contribution in [0, 0.1) is 5.92 Å². The first-order valence-corrected chi connectivity index (χ1v) is 11.2. The molecule has 2 aromatic carbocycles. The van der Waals surface area contributed by atoms with Crippen molar-refractivity contribution >= 4 is 46.8 Å². The highest BCUT2D eigenvalue weighted by Crippen LogP contribution is 2.36.